The predicted octanol–water partition coefficient (Wildman–Crippen LogP) is 1.88. The van der Waals surface area contributed by atoms with Gasteiger partial charge in [0.15, 0.2) is 0 Å². The number of fused-ring (bicyclic) bond motifs is 1. The largest absolute Gasteiger partial charge is 0.489 e. The summed E-state index contributed by atoms with van der Waals surface area (Å²) in [5, 5.41) is 7.29. The summed E-state index contributed by atoms with van der Waals surface area (Å²) in [6.07, 6.45) is 1.56. The summed E-state index contributed by atoms with van der Waals surface area (Å²) in [6, 6.07) is 13.4. The molecule has 1 aromatic heterocycles. The van der Waals surface area contributed by atoms with Crippen LogP contribution in [0.15, 0.2) is 52.7 Å². The third kappa shape index (κ3) is 4.01. The molecule has 2 aromatic carbocycles. The normalized spacial score (nSPS) is 11.0. The van der Waals surface area contributed by atoms with Crippen molar-refractivity contribution in [2.45, 2.75) is 6.61 Å². The van der Waals surface area contributed by atoms with Crippen LogP contribution in [-0.2, 0) is 6.61 Å². The van der Waals surface area contributed by atoms with Crippen LogP contribution in [0.4, 0.5) is 0 Å². The SMILES string of the molecule is NC(N)=NN=Cc1ccc(OCc2ccc3nsnc3c2)cc1. The van der Waals surface area contributed by atoms with Crippen molar-refractivity contribution in [2.75, 3.05) is 0 Å². The fraction of sp³-hybridized carbons (Fsp3) is 0.0667. The van der Waals surface area contributed by atoms with E-state index >= 15 is 0 Å². The summed E-state index contributed by atoms with van der Waals surface area (Å²) in [5.41, 5.74) is 14.1. The second-order valence-corrected chi connectivity index (χ2v) is 5.24. The van der Waals surface area contributed by atoms with Gasteiger partial charge in [-0.3, -0.25) is 0 Å². The van der Waals surface area contributed by atoms with E-state index in [0.717, 1.165) is 27.9 Å². The number of aromatic nitrogens is 2. The first-order chi connectivity index (χ1) is 11.2. The maximum absolute atomic E-state index is 5.76. The molecule has 1 heterocycles. The van der Waals surface area contributed by atoms with Gasteiger partial charge in [-0.05, 0) is 47.5 Å². The van der Waals surface area contributed by atoms with Crippen LogP contribution in [0.3, 0.4) is 0 Å². The van der Waals surface area contributed by atoms with Gasteiger partial charge in [0.25, 0.3) is 0 Å². The van der Waals surface area contributed by atoms with E-state index in [9.17, 15) is 0 Å². The molecule has 0 radical (unpaired) electrons. The minimum Gasteiger partial charge on any atom is -0.489 e. The molecule has 7 nitrogen and oxygen atoms in total. The van der Waals surface area contributed by atoms with Crippen LogP contribution in [-0.4, -0.2) is 20.9 Å². The molecule has 4 N–H and O–H groups in total. The molecule has 0 saturated heterocycles. The van der Waals surface area contributed by atoms with E-state index in [1.54, 1.807) is 6.21 Å². The highest BCUT2D eigenvalue weighted by Gasteiger charge is 2.01. The lowest BCUT2D eigenvalue weighted by molar-refractivity contribution is 0.306. The van der Waals surface area contributed by atoms with Crippen LogP contribution >= 0.6 is 11.7 Å². The Kier molecular flexibility index (Phi) is 4.44. The van der Waals surface area contributed by atoms with Gasteiger partial charge in [-0.2, -0.15) is 13.8 Å². The average molecular weight is 326 g/mol. The van der Waals surface area contributed by atoms with Gasteiger partial charge in [0.1, 0.15) is 23.4 Å². The van der Waals surface area contributed by atoms with Gasteiger partial charge < -0.3 is 16.2 Å². The lowest BCUT2D eigenvalue weighted by atomic mass is 10.2. The van der Waals surface area contributed by atoms with E-state index in [1.165, 1.54) is 11.7 Å². The van der Waals surface area contributed by atoms with E-state index < -0.39 is 0 Å². The van der Waals surface area contributed by atoms with Gasteiger partial charge in [-0.25, -0.2) is 0 Å². The Morgan fingerprint density at radius 3 is 2.65 bits per heavy atom. The molecule has 0 unspecified atom stereocenters. The second-order valence-electron chi connectivity index (χ2n) is 4.71. The van der Waals surface area contributed by atoms with E-state index in [0.29, 0.717) is 6.61 Å². The van der Waals surface area contributed by atoms with Crippen LogP contribution in [0.2, 0.25) is 0 Å². The molecule has 0 aliphatic heterocycles. The predicted molar refractivity (Wildman–Crippen MR) is 91.6 cm³/mol. The monoisotopic (exact) mass is 326 g/mol. The summed E-state index contributed by atoms with van der Waals surface area (Å²) >= 11 is 1.21. The lowest BCUT2D eigenvalue weighted by Gasteiger charge is -2.06. The van der Waals surface area contributed by atoms with Gasteiger partial charge in [0, 0.05) is 0 Å². The first-order valence-corrected chi connectivity index (χ1v) is 7.50. The molecule has 3 rings (SSSR count). The fourth-order valence-corrected chi connectivity index (χ4v) is 2.41. The van der Waals surface area contributed by atoms with Crippen molar-refractivity contribution in [3.8, 4) is 5.75 Å². The molecule has 0 aliphatic rings. The number of hydrogen-bond donors (Lipinski definition) is 2. The second kappa shape index (κ2) is 6.84. The zero-order chi connectivity index (χ0) is 16.1. The molecule has 0 amide bonds. The van der Waals surface area contributed by atoms with Crippen LogP contribution in [0, 0.1) is 0 Å². The van der Waals surface area contributed by atoms with E-state index in [4.69, 9.17) is 16.2 Å². The van der Waals surface area contributed by atoms with Crippen molar-refractivity contribution in [3.63, 3.8) is 0 Å². The van der Waals surface area contributed by atoms with E-state index in [2.05, 4.69) is 18.9 Å². The van der Waals surface area contributed by atoms with Gasteiger partial charge in [-0.1, -0.05) is 6.07 Å². The summed E-state index contributed by atoms with van der Waals surface area (Å²) < 4.78 is 14.2. The molecule has 0 spiro atoms. The average Bonchev–Trinajstić information content (AvgIpc) is 3.01. The van der Waals surface area contributed by atoms with Crippen LogP contribution < -0.4 is 16.2 Å². The lowest BCUT2D eigenvalue weighted by Crippen LogP contribution is -2.21. The Bertz CT molecular complexity index is 852. The van der Waals surface area contributed by atoms with Crippen molar-refractivity contribution in [1.82, 2.24) is 8.75 Å². The molecule has 8 heteroatoms. The maximum Gasteiger partial charge on any atom is 0.211 e. The van der Waals surface area contributed by atoms with Crippen LogP contribution in [0.5, 0.6) is 5.75 Å². The minimum atomic E-state index is -0.0755. The standard InChI is InChI=1S/C15H14N6OS/c16-15(17)19-18-8-10-1-4-12(5-2-10)22-9-11-3-6-13-14(7-11)21-23-20-13/h1-8H,9H2,(H4,16,17,19). The first kappa shape index (κ1) is 14.9. The highest BCUT2D eigenvalue weighted by Crippen LogP contribution is 2.17. The third-order valence-corrected chi connectivity index (χ3v) is 3.54. The number of nitrogens with two attached hydrogens (primary N) is 2. The number of benzene rings is 2. The Morgan fingerprint density at radius 2 is 1.87 bits per heavy atom. The molecule has 116 valence electrons. The van der Waals surface area contributed by atoms with E-state index in [-0.39, 0.29) is 5.96 Å². The fourth-order valence-electron chi connectivity index (χ4n) is 1.90. The van der Waals surface area contributed by atoms with Crippen molar-refractivity contribution in [3.05, 3.63) is 53.6 Å². The number of ether oxygens (including phenoxy) is 1. The molecule has 0 bridgehead atoms. The molecule has 0 saturated carbocycles. The quantitative estimate of drug-likeness (QED) is 0.422. The minimum absolute atomic E-state index is 0.0755. The number of hydrogen-bond acceptors (Lipinski definition) is 6. The summed E-state index contributed by atoms with van der Waals surface area (Å²) in [5.74, 6) is 0.689. The number of guanidine groups is 1. The Balaban J connectivity index is 1.61. The Labute approximate surface area is 136 Å². The number of rotatable bonds is 5. The Morgan fingerprint density at radius 1 is 1.09 bits per heavy atom. The molecular weight excluding hydrogens is 312 g/mol. The molecule has 23 heavy (non-hydrogen) atoms. The zero-order valence-corrected chi connectivity index (χ0v) is 12.9. The topological polar surface area (TPSA) is 112 Å². The highest BCUT2D eigenvalue weighted by atomic mass is 32.1. The molecule has 0 atom stereocenters. The molecule has 0 aliphatic carbocycles. The van der Waals surface area contributed by atoms with Gasteiger partial charge in [0.05, 0.1) is 17.9 Å². The molecular formula is C15H14N6OS. The van der Waals surface area contributed by atoms with Gasteiger partial charge in [-0.15, -0.1) is 5.10 Å². The summed E-state index contributed by atoms with van der Waals surface area (Å²) in [7, 11) is 0. The van der Waals surface area contributed by atoms with Crippen molar-refractivity contribution >= 4 is 34.9 Å². The number of nitrogens with zero attached hydrogens (tertiary/aromatic N) is 4. The third-order valence-electron chi connectivity index (χ3n) is 2.98. The van der Waals surface area contributed by atoms with Crippen LogP contribution in [0.1, 0.15) is 11.1 Å². The summed E-state index contributed by atoms with van der Waals surface area (Å²) in [4.78, 5) is 0. The van der Waals surface area contributed by atoms with Gasteiger partial charge in [0.2, 0.25) is 5.96 Å². The Hall–Kier alpha value is -3.00. The van der Waals surface area contributed by atoms with E-state index in [1.807, 2.05) is 42.5 Å². The van der Waals surface area contributed by atoms with Crippen molar-refractivity contribution in [2.24, 2.45) is 21.7 Å². The zero-order valence-electron chi connectivity index (χ0n) is 12.1. The van der Waals surface area contributed by atoms with Crippen molar-refractivity contribution < 1.29 is 4.74 Å². The smallest absolute Gasteiger partial charge is 0.211 e. The highest BCUT2D eigenvalue weighted by molar-refractivity contribution is 7.00. The molecule has 3 aromatic rings. The maximum atomic E-state index is 5.76. The summed E-state index contributed by atoms with van der Waals surface area (Å²) in [6.45, 7) is 0.467. The molecule has 0 fully saturated rings. The van der Waals surface area contributed by atoms with Gasteiger partial charge >= 0.3 is 0 Å². The van der Waals surface area contributed by atoms with Crippen molar-refractivity contribution in [1.29, 1.82) is 0 Å². The van der Waals surface area contributed by atoms with Crippen LogP contribution in [0.25, 0.3) is 11.0 Å². The first-order valence-electron chi connectivity index (χ1n) is 6.77.